The van der Waals surface area contributed by atoms with Crippen molar-refractivity contribution in [3.63, 3.8) is 0 Å². The van der Waals surface area contributed by atoms with Crippen LogP contribution < -0.4 is 0 Å². The average Bonchev–Trinajstić information content (AvgIpc) is 3.57. The van der Waals surface area contributed by atoms with Gasteiger partial charge in [-0.1, -0.05) is 12.1 Å². The van der Waals surface area contributed by atoms with E-state index in [-0.39, 0.29) is 18.6 Å². The highest BCUT2D eigenvalue weighted by atomic mass is 19.4. The predicted octanol–water partition coefficient (Wildman–Crippen LogP) is 3.05. The summed E-state index contributed by atoms with van der Waals surface area (Å²) in [7, 11) is 0. The van der Waals surface area contributed by atoms with Crippen molar-refractivity contribution in [2.75, 3.05) is 39.4 Å². The van der Waals surface area contributed by atoms with Gasteiger partial charge in [-0.2, -0.15) is 13.2 Å². The van der Waals surface area contributed by atoms with E-state index in [9.17, 15) is 22.8 Å². The van der Waals surface area contributed by atoms with Crippen molar-refractivity contribution in [2.45, 2.75) is 50.9 Å². The zero-order valence-corrected chi connectivity index (χ0v) is 17.7. The summed E-state index contributed by atoms with van der Waals surface area (Å²) >= 11 is 0. The molecular weight excluding hydrogens is 413 g/mol. The Kier molecular flexibility index (Phi) is 7.94. The number of hydrogen-bond donors (Lipinski definition) is 0. The average molecular weight is 442 g/mol. The molecule has 6 nitrogen and oxygen atoms in total. The second kappa shape index (κ2) is 10.5. The van der Waals surface area contributed by atoms with Gasteiger partial charge in [-0.25, -0.2) is 4.79 Å². The van der Waals surface area contributed by atoms with Crippen molar-refractivity contribution in [1.82, 2.24) is 9.80 Å². The predicted molar refractivity (Wildman–Crippen MR) is 108 cm³/mol. The molecular formula is C22H29F3N2O4. The third-order valence-corrected chi connectivity index (χ3v) is 5.52. The van der Waals surface area contributed by atoms with Crippen LogP contribution in [0.2, 0.25) is 0 Å². The van der Waals surface area contributed by atoms with Crippen LogP contribution in [-0.2, 0) is 20.7 Å². The second-order valence-electron chi connectivity index (χ2n) is 8.00. The standard InChI is InChI=1S/C22H29F3N2O4/c1-2-30-20(28)17-7-5-16(6-8-17)4-3-11-26-12-13-31-19(14-26)15-27(18-9-10-18)21(29)22(23,24)25/h5-8,18-19H,2-4,9-15H2,1H3. The molecule has 2 fully saturated rings. The Bertz CT molecular complexity index is 750. The molecule has 0 bridgehead atoms. The summed E-state index contributed by atoms with van der Waals surface area (Å²) in [5.41, 5.74) is 1.63. The van der Waals surface area contributed by atoms with Crippen molar-refractivity contribution in [2.24, 2.45) is 0 Å². The van der Waals surface area contributed by atoms with Gasteiger partial charge in [0.05, 0.1) is 24.9 Å². The first kappa shape index (κ1) is 23.5. The molecule has 2 aliphatic rings. The molecule has 3 rings (SSSR count). The Morgan fingerprint density at radius 1 is 1.23 bits per heavy atom. The van der Waals surface area contributed by atoms with Crippen LogP contribution in [0.5, 0.6) is 0 Å². The van der Waals surface area contributed by atoms with E-state index in [2.05, 4.69) is 4.90 Å². The Morgan fingerprint density at radius 3 is 2.55 bits per heavy atom. The number of nitrogens with zero attached hydrogens (tertiary/aromatic N) is 2. The minimum atomic E-state index is -4.85. The lowest BCUT2D eigenvalue weighted by Crippen LogP contribution is -2.52. The zero-order valence-electron chi connectivity index (χ0n) is 17.7. The number of amides is 1. The van der Waals surface area contributed by atoms with Gasteiger partial charge in [-0.3, -0.25) is 9.69 Å². The summed E-state index contributed by atoms with van der Waals surface area (Å²) in [4.78, 5) is 26.5. The molecule has 172 valence electrons. The number of benzene rings is 1. The minimum absolute atomic E-state index is 0.0190. The summed E-state index contributed by atoms with van der Waals surface area (Å²) in [6.45, 7) is 4.54. The van der Waals surface area contributed by atoms with Gasteiger partial charge in [-0.15, -0.1) is 0 Å². The van der Waals surface area contributed by atoms with E-state index in [1.807, 2.05) is 12.1 Å². The fourth-order valence-corrected chi connectivity index (χ4v) is 3.79. The van der Waals surface area contributed by atoms with E-state index in [1.165, 1.54) is 0 Å². The van der Waals surface area contributed by atoms with Gasteiger partial charge < -0.3 is 14.4 Å². The number of morpholine rings is 1. The van der Waals surface area contributed by atoms with Crippen LogP contribution in [0.15, 0.2) is 24.3 Å². The molecule has 1 heterocycles. The van der Waals surface area contributed by atoms with Gasteiger partial charge in [0.15, 0.2) is 0 Å². The Hall–Kier alpha value is -2.13. The maximum absolute atomic E-state index is 12.9. The molecule has 9 heteroatoms. The first-order valence-electron chi connectivity index (χ1n) is 10.8. The van der Waals surface area contributed by atoms with Gasteiger partial charge >= 0.3 is 18.1 Å². The molecule has 1 aliphatic carbocycles. The van der Waals surface area contributed by atoms with E-state index < -0.39 is 18.2 Å². The highest BCUT2D eigenvalue weighted by molar-refractivity contribution is 5.89. The quantitative estimate of drug-likeness (QED) is 0.551. The number of rotatable bonds is 9. The third kappa shape index (κ3) is 6.93. The summed E-state index contributed by atoms with van der Waals surface area (Å²) in [6, 6.07) is 7.00. The van der Waals surface area contributed by atoms with Gasteiger partial charge in [-0.05, 0) is 56.8 Å². The van der Waals surface area contributed by atoms with Crippen molar-refractivity contribution in [3.05, 3.63) is 35.4 Å². The zero-order chi connectivity index (χ0) is 22.4. The Labute approximate surface area is 180 Å². The van der Waals surface area contributed by atoms with Crippen LogP contribution in [0.4, 0.5) is 13.2 Å². The van der Waals surface area contributed by atoms with Crippen LogP contribution in [0.1, 0.15) is 42.1 Å². The monoisotopic (exact) mass is 442 g/mol. The van der Waals surface area contributed by atoms with Crippen molar-refractivity contribution >= 4 is 11.9 Å². The number of hydrogen-bond acceptors (Lipinski definition) is 5. The van der Waals surface area contributed by atoms with Crippen LogP contribution in [0.3, 0.4) is 0 Å². The Morgan fingerprint density at radius 2 is 1.94 bits per heavy atom. The molecule has 0 radical (unpaired) electrons. The second-order valence-corrected chi connectivity index (χ2v) is 8.00. The molecule has 1 unspecified atom stereocenters. The summed E-state index contributed by atoms with van der Waals surface area (Å²) < 4.78 is 49.3. The lowest BCUT2D eigenvalue weighted by atomic mass is 10.1. The molecule has 0 spiro atoms. The van der Waals surface area contributed by atoms with E-state index in [4.69, 9.17) is 9.47 Å². The van der Waals surface area contributed by atoms with Crippen LogP contribution >= 0.6 is 0 Å². The minimum Gasteiger partial charge on any atom is -0.462 e. The fourth-order valence-electron chi connectivity index (χ4n) is 3.79. The summed E-state index contributed by atoms with van der Waals surface area (Å²) in [5, 5.41) is 0. The number of carbonyl (C=O) groups is 2. The molecule has 1 aromatic carbocycles. The third-order valence-electron chi connectivity index (χ3n) is 5.52. The molecule has 0 N–H and O–H groups in total. The van der Waals surface area contributed by atoms with Crippen molar-refractivity contribution < 1.29 is 32.2 Å². The maximum Gasteiger partial charge on any atom is 0.471 e. The SMILES string of the molecule is CCOC(=O)c1ccc(CCCN2CCOC(CN(C(=O)C(F)(F)F)C3CC3)C2)cc1. The van der Waals surface area contributed by atoms with E-state index >= 15 is 0 Å². The first-order chi connectivity index (χ1) is 14.8. The molecule has 1 saturated carbocycles. The van der Waals surface area contributed by atoms with Gasteiger partial charge in [0.25, 0.3) is 0 Å². The first-order valence-corrected chi connectivity index (χ1v) is 10.8. The van der Waals surface area contributed by atoms with Gasteiger partial charge in [0.2, 0.25) is 0 Å². The number of ether oxygens (including phenoxy) is 2. The molecule has 1 amide bonds. The number of esters is 1. The van der Waals surface area contributed by atoms with E-state index in [1.54, 1.807) is 19.1 Å². The van der Waals surface area contributed by atoms with E-state index in [0.29, 0.717) is 38.2 Å². The van der Waals surface area contributed by atoms with Crippen molar-refractivity contribution in [3.8, 4) is 0 Å². The van der Waals surface area contributed by atoms with Crippen LogP contribution in [-0.4, -0.2) is 79.4 Å². The molecule has 1 aromatic rings. The number of alkyl halides is 3. The smallest absolute Gasteiger partial charge is 0.462 e. The van der Waals surface area contributed by atoms with Crippen LogP contribution in [0.25, 0.3) is 0 Å². The number of halogens is 3. The lowest BCUT2D eigenvalue weighted by Gasteiger charge is -2.36. The largest absolute Gasteiger partial charge is 0.471 e. The number of carbonyl (C=O) groups excluding carboxylic acids is 2. The molecule has 31 heavy (non-hydrogen) atoms. The number of aryl methyl sites for hydroxylation is 1. The molecule has 1 atom stereocenters. The van der Waals surface area contributed by atoms with Gasteiger partial charge in [0, 0.05) is 25.7 Å². The highest BCUT2D eigenvalue weighted by Crippen LogP contribution is 2.31. The summed E-state index contributed by atoms with van der Waals surface area (Å²) in [6.07, 6.45) is -2.32. The lowest BCUT2D eigenvalue weighted by molar-refractivity contribution is -0.188. The summed E-state index contributed by atoms with van der Waals surface area (Å²) in [5.74, 6) is -2.10. The Balaban J connectivity index is 1.44. The normalized spacial score (nSPS) is 19.8. The van der Waals surface area contributed by atoms with Crippen LogP contribution in [0, 0.1) is 0 Å². The molecule has 0 aromatic heterocycles. The molecule has 1 aliphatic heterocycles. The van der Waals surface area contributed by atoms with E-state index in [0.717, 1.165) is 36.4 Å². The molecule has 1 saturated heterocycles. The fraction of sp³-hybridized carbons (Fsp3) is 0.636. The van der Waals surface area contributed by atoms with Gasteiger partial charge in [0.1, 0.15) is 0 Å². The highest BCUT2D eigenvalue weighted by Gasteiger charge is 2.47. The maximum atomic E-state index is 12.9. The van der Waals surface area contributed by atoms with Crippen molar-refractivity contribution in [1.29, 1.82) is 0 Å². The topological polar surface area (TPSA) is 59.1 Å².